The van der Waals surface area contributed by atoms with Gasteiger partial charge >= 0.3 is 0 Å². The molecule has 0 aliphatic rings. The van der Waals surface area contributed by atoms with E-state index in [-0.39, 0.29) is 12.4 Å². The average molecular weight is 313 g/mol. The van der Waals surface area contributed by atoms with Crippen molar-refractivity contribution in [2.45, 2.75) is 5.88 Å². The molecule has 0 amide bonds. The summed E-state index contributed by atoms with van der Waals surface area (Å²) in [5.41, 5.74) is 1.97. The fourth-order valence-electron chi connectivity index (χ4n) is 1.55. The minimum Gasteiger partial charge on any atom is -0.431 e. The minimum absolute atomic E-state index is 0. The summed E-state index contributed by atoms with van der Waals surface area (Å²) >= 11 is 7.22. The van der Waals surface area contributed by atoms with Crippen molar-refractivity contribution in [1.82, 2.24) is 9.97 Å². The number of rotatable bonds is 3. The quantitative estimate of drug-likeness (QED) is 0.661. The van der Waals surface area contributed by atoms with Gasteiger partial charge in [0.2, 0.25) is 0 Å². The van der Waals surface area contributed by atoms with Crippen LogP contribution in [0.1, 0.15) is 5.56 Å². The molecule has 0 saturated carbocycles. The predicted octanol–water partition coefficient (Wildman–Crippen LogP) is 4.64. The number of thiazole rings is 1. The van der Waals surface area contributed by atoms with Gasteiger partial charge in [0.15, 0.2) is 0 Å². The highest BCUT2D eigenvalue weighted by atomic mass is 35.5. The van der Waals surface area contributed by atoms with E-state index < -0.39 is 0 Å². The maximum absolute atomic E-state index is 5.73. The van der Waals surface area contributed by atoms with Crippen molar-refractivity contribution in [1.29, 1.82) is 0 Å². The van der Waals surface area contributed by atoms with Gasteiger partial charge in [-0.2, -0.15) is 0 Å². The van der Waals surface area contributed by atoms with Crippen LogP contribution in [0.15, 0.2) is 42.7 Å². The number of aromatic nitrogens is 2. The predicted molar refractivity (Wildman–Crippen MR) is 80.7 cm³/mol. The van der Waals surface area contributed by atoms with E-state index in [0.29, 0.717) is 11.1 Å². The Labute approximate surface area is 125 Å². The molecule has 0 aliphatic heterocycles. The molecule has 0 aliphatic carbocycles. The zero-order chi connectivity index (χ0) is 12.4. The Morgan fingerprint density at radius 3 is 2.63 bits per heavy atom. The summed E-state index contributed by atoms with van der Waals surface area (Å²) in [6.07, 6.45) is 3.51. The minimum atomic E-state index is 0. The molecule has 0 bridgehead atoms. The average Bonchev–Trinajstić information content (AvgIpc) is 2.82. The lowest BCUT2D eigenvalue weighted by molar-refractivity contribution is 0.480. The second-order valence-corrected chi connectivity index (χ2v) is 4.96. The first-order chi connectivity index (χ1) is 8.85. The van der Waals surface area contributed by atoms with Crippen LogP contribution in [0.25, 0.3) is 10.2 Å². The molecule has 98 valence electrons. The zero-order valence-corrected chi connectivity index (χ0v) is 12.1. The summed E-state index contributed by atoms with van der Waals surface area (Å²) in [5, 5.41) is 0.622. The van der Waals surface area contributed by atoms with E-state index in [1.807, 2.05) is 30.3 Å². The molecule has 0 saturated heterocycles. The summed E-state index contributed by atoms with van der Waals surface area (Å²) < 4.78 is 6.72. The highest BCUT2D eigenvalue weighted by Gasteiger charge is 2.05. The standard InChI is InChI=1S/C13H9ClN2OS.ClH/c14-7-9-1-3-10(4-2-9)17-13-16-11-5-6-15-8-12(11)18-13;/h1-6,8H,7H2;1H. The summed E-state index contributed by atoms with van der Waals surface area (Å²) in [5.74, 6) is 1.27. The fraction of sp³-hybridized carbons (Fsp3) is 0.0769. The first kappa shape index (κ1) is 14.1. The number of hydrogen-bond acceptors (Lipinski definition) is 4. The van der Waals surface area contributed by atoms with Crippen molar-refractivity contribution in [3.63, 3.8) is 0 Å². The number of benzene rings is 1. The van der Waals surface area contributed by atoms with E-state index in [1.54, 1.807) is 12.4 Å². The first-order valence-electron chi connectivity index (χ1n) is 5.38. The van der Waals surface area contributed by atoms with Crippen LogP contribution < -0.4 is 4.74 Å². The van der Waals surface area contributed by atoms with Gasteiger partial charge in [-0.15, -0.1) is 24.0 Å². The summed E-state index contributed by atoms with van der Waals surface area (Å²) in [6, 6.07) is 9.54. The van der Waals surface area contributed by atoms with Gasteiger partial charge in [-0.3, -0.25) is 4.98 Å². The molecule has 1 aromatic carbocycles. The largest absolute Gasteiger partial charge is 0.431 e. The van der Waals surface area contributed by atoms with Crippen LogP contribution in [-0.4, -0.2) is 9.97 Å². The van der Waals surface area contributed by atoms with Gasteiger partial charge in [-0.05, 0) is 23.8 Å². The van der Waals surface area contributed by atoms with Crippen molar-refractivity contribution in [3.8, 4) is 10.9 Å². The van der Waals surface area contributed by atoms with Crippen LogP contribution >= 0.6 is 35.3 Å². The second-order valence-electron chi connectivity index (χ2n) is 3.70. The van der Waals surface area contributed by atoms with Gasteiger partial charge in [0.25, 0.3) is 5.19 Å². The normalized spacial score (nSPS) is 10.2. The number of hydrogen-bond donors (Lipinski definition) is 0. The molecule has 0 N–H and O–H groups in total. The number of alkyl halides is 1. The Bertz CT molecular complexity index is 637. The van der Waals surface area contributed by atoms with Gasteiger partial charge in [0.05, 0.1) is 10.2 Å². The topological polar surface area (TPSA) is 35.0 Å². The van der Waals surface area contributed by atoms with Gasteiger partial charge in [0, 0.05) is 18.3 Å². The lowest BCUT2D eigenvalue weighted by atomic mass is 10.2. The van der Waals surface area contributed by atoms with Crippen LogP contribution in [-0.2, 0) is 5.88 Å². The van der Waals surface area contributed by atoms with Crippen molar-refractivity contribution in [2.75, 3.05) is 0 Å². The van der Waals surface area contributed by atoms with Crippen LogP contribution in [0.2, 0.25) is 0 Å². The van der Waals surface area contributed by atoms with Gasteiger partial charge in [0.1, 0.15) is 5.75 Å². The summed E-state index contributed by atoms with van der Waals surface area (Å²) in [6.45, 7) is 0. The molecule has 0 fully saturated rings. The molecule has 0 radical (unpaired) electrons. The molecule has 3 rings (SSSR count). The highest BCUT2D eigenvalue weighted by molar-refractivity contribution is 7.20. The summed E-state index contributed by atoms with van der Waals surface area (Å²) in [4.78, 5) is 8.44. The van der Waals surface area contributed by atoms with E-state index in [2.05, 4.69) is 9.97 Å². The number of fused-ring (bicyclic) bond motifs is 1. The Hall–Kier alpha value is -1.36. The highest BCUT2D eigenvalue weighted by Crippen LogP contribution is 2.30. The second kappa shape index (κ2) is 6.19. The Morgan fingerprint density at radius 1 is 1.16 bits per heavy atom. The van der Waals surface area contributed by atoms with Crippen LogP contribution in [0.5, 0.6) is 10.9 Å². The SMILES string of the molecule is Cl.ClCc1ccc(Oc2nc3ccncc3s2)cc1. The summed E-state index contributed by atoms with van der Waals surface area (Å²) in [7, 11) is 0. The Balaban J connectivity index is 0.00000133. The number of pyridine rings is 1. The third kappa shape index (κ3) is 3.15. The fourth-order valence-corrected chi connectivity index (χ4v) is 2.53. The van der Waals surface area contributed by atoms with Crippen molar-refractivity contribution in [2.24, 2.45) is 0 Å². The molecule has 6 heteroatoms. The molecule has 3 nitrogen and oxygen atoms in total. The lowest BCUT2D eigenvalue weighted by Crippen LogP contribution is -1.83. The molecule has 2 aromatic heterocycles. The van der Waals surface area contributed by atoms with Gasteiger partial charge < -0.3 is 4.74 Å². The van der Waals surface area contributed by atoms with E-state index >= 15 is 0 Å². The van der Waals surface area contributed by atoms with Crippen molar-refractivity contribution >= 4 is 45.6 Å². The van der Waals surface area contributed by atoms with Crippen molar-refractivity contribution in [3.05, 3.63) is 48.3 Å². The Kier molecular flexibility index (Phi) is 4.58. The monoisotopic (exact) mass is 312 g/mol. The number of ether oxygens (including phenoxy) is 1. The molecule has 0 spiro atoms. The maximum Gasteiger partial charge on any atom is 0.279 e. The first-order valence-corrected chi connectivity index (χ1v) is 6.73. The van der Waals surface area contributed by atoms with E-state index in [0.717, 1.165) is 21.5 Å². The van der Waals surface area contributed by atoms with E-state index in [4.69, 9.17) is 16.3 Å². The molecule has 0 unspecified atom stereocenters. The maximum atomic E-state index is 5.73. The molecule has 3 aromatic rings. The van der Waals surface area contributed by atoms with E-state index in [1.165, 1.54) is 11.3 Å². The van der Waals surface area contributed by atoms with Gasteiger partial charge in [-0.25, -0.2) is 4.98 Å². The molecular formula is C13H10Cl2N2OS. The molecule has 0 atom stereocenters. The third-order valence-corrected chi connectivity index (χ3v) is 3.65. The zero-order valence-electron chi connectivity index (χ0n) is 9.75. The Morgan fingerprint density at radius 2 is 1.95 bits per heavy atom. The van der Waals surface area contributed by atoms with E-state index in [9.17, 15) is 0 Å². The number of halogens is 2. The smallest absolute Gasteiger partial charge is 0.279 e. The van der Waals surface area contributed by atoms with Gasteiger partial charge in [-0.1, -0.05) is 23.5 Å². The lowest BCUT2D eigenvalue weighted by Gasteiger charge is -2.01. The van der Waals surface area contributed by atoms with Crippen LogP contribution in [0.3, 0.4) is 0 Å². The van der Waals surface area contributed by atoms with Crippen molar-refractivity contribution < 1.29 is 4.74 Å². The van der Waals surface area contributed by atoms with Crippen LogP contribution in [0, 0.1) is 0 Å². The third-order valence-electron chi connectivity index (χ3n) is 2.45. The molecular weight excluding hydrogens is 303 g/mol. The molecule has 2 heterocycles. The molecule has 19 heavy (non-hydrogen) atoms. The number of nitrogens with zero attached hydrogens (tertiary/aromatic N) is 2. The van der Waals surface area contributed by atoms with Crippen LogP contribution in [0.4, 0.5) is 0 Å².